The Morgan fingerprint density at radius 2 is 1.16 bits per heavy atom. The van der Waals surface area contributed by atoms with E-state index in [2.05, 4.69) is 0 Å². The van der Waals surface area contributed by atoms with Crippen LogP contribution in [-0.2, 0) is 17.1 Å². The van der Waals surface area contributed by atoms with Gasteiger partial charge in [0.05, 0.1) is 6.10 Å². The summed E-state index contributed by atoms with van der Waals surface area (Å²) in [6.07, 6.45) is 17.2. The molecule has 1 aromatic rings. The van der Waals surface area contributed by atoms with Gasteiger partial charge in [-0.3, -0.25) is 0 Å². The van der Waals surface area contributed by atoms with Crippen LogP contribution < -0.4 is 0 Å². The standard InChI is InChI=1S/C12H11O.C5H5.Fe/c13-12(11-8-4-5-9-11)10-6-2-1-3-7-10;1-2-4-5-3-1;/h1-9,12-13H;1-5H;/q;;+2/t12-;;/m0../s1. The van der Waals surface area contributed by atoms with E-state index < -0.39 is 6.10 Å². The molecule has 0 spiro atoms. The first-order valence-electron chi connectivity index (χ1n) is 5.99. The van der Waals surface area contributed by atoms with E-state index >= 15 is 0 Å². The van der Waals surface area contributed by atoms with Crippen LogP contribution in [0, 0.1) is 63.7 Å². The van der Waals surface area contributed by atoms with Gasteiger partial charge in [-0.15, -0.1) is 0 Å². The van der Waals surface area contributed by atoms with Crippen LogP contribution in [0.5, 0.6) is 0 Å². The van der Waals surface area contributed by atoms with E-state index in [1.54, 1.807) is 0 Å². The Hall–Kier alpha value is -0.301. The molecule has 1 N–H and O–H groups in total. The number of aliphatic hydroxyl groups is 1. The fourth-order valence-electron chi connectivity index (χ4n) is 1.72. The molecule has 2 fully saturated rings. The van der Waals surface area contributed by atoms with Crippen LogP contribution in [0.15, 0.2) is 30.3 Å². The van der Waals surface area contributed by atoms with Crippen molar-refractivity contribution < 1.29 is 22.2 Å². The summed E-state index contributed by atoms with van der Waals surface area (Å²) < 4.78 is 0. The smallest absolute Gasteiger partial charge is 0.388 e. The van der Waals surface area contributed by atoms with E-state index in [0.717, 1.165) is 11.5 Å². The molecule has 2 aliphatic rings. The summed E-state index contributed by atoms with van der Waals surface area (Å²) in [4.78, 5) is 0. The van der Waals surface area contributed by atoms with Crippen LogP contribution in [0.1, 0.15) is 11.7 Å². The molecule has 1 nitrogen and oxygen atoms in total. The Balaban J connectivity index is 0.000000256. The molecule has 1 aromatic carbocycles. The number of hydrogen-bond acceptors (Lipinski definition) is 1. The van der Waals surface area contributed by atoms with Crippen LogP contribution >= 0.6 is 0 Å². The van der Waals surface area contributed by atoms with E-state index in [-0.39, 0.29) is 17.1 Å². The van der Waals surface area contributed by atoms with E-state index in [1.165, 1.54) is 0 Å². The van der Waals surface area contributed by atoms with Crippen molar-refractivity contribution in [2.75, 3.05) is 0 Å². The summed E-state index contributed by atoms with van der Waals surface area (Å²) in [5.74, 6) is 0.950. The fraction of sp³-hybridized carbons (Fsp3) is 0.0588. The summed E-state index contributed by atoms with van der Waals surface area (Å²) >= 11 is 0. The second-order valence-corrected chi connectivity index (χ2v) is 3.99. The number of aliphatic hydroxyl groups excluding tert-OH is 1. The average Bonchev–Trinajstić information content (AvgIpc) is 3.14. The normalized spacial score (nSPS) is 20.3. The minimum Gasteiger partial charge on any atom is -0.388 e. The number of benzene rings is 1. The zero-order chi connectivity index (χ0) is 12.6. The molecule has 96 valence electrons. The van der Waals surface area contributed by atoms with Crippen LogP contribution in [0.3, 0.4) is 0 Å². The molecule has 0 heterocycles. The van der Waals surface area contributed by atoms with Gasteiger partial charge in [0.25, 0.3) is 0 Å². The van der Waals surface area contributed by atoms with Crippen molar-refractivity contribution in [3.63, 3.8) is 0 Å². The summed E-state index contributed by atoms with van der Waals surface area (Å²) in [7, 11) is 0. The monoisotopic (exact) mass is 292 g/mol. The van der Waals surface area contributed by atoms with Gasteiger partial charge in [0.15, 0.2) is 0 Å². The summed E-state index contributed by atoms with van der Waals surface area (Å²) in [5.41, 5.74) is 0.939. The summed E-state index contributed by atoms with van der Waals surface area (Å²) in [6.45, 7) is 0. The molecule has 3 rings (SSSR count). The first-order chi connectivity index (χ1) is 8.88. The molecule has 19 heavy (non-hydrogen) atoms. The molecule has 10 radical (unpaired) electrons. The SMILES string of the molecule is O[C@H]([C]1[CH][CH][CH][CH]1)c1ccccc1.[CH]1[CH][CH][CH][CH]1.[Fe+2]. The van der Waals surface area contributed by atoms with Crippen molar-refractivity contribution >= 4 is 0 Å². The van der Waals surface area contributed by atoms with Gasteiger partial charge in [-0.1, -0.05) is 30.3 Å². The molecule has 0 bridgehead atoms. The minimum absolute atomic E-state index is 0. The second-order valence-electron chi connectivity index (χ2n) is 3.99. The fourth-order valence-corrected chi connectivity index (χ4v) is 1.72. The maximum Gasteiger partial charge on any atom is 2.00 e. The average molecular weight is 292 g/mol. The predicted octanol–water partition coefficient (Wildman–Crippen LogP) is 3.14. The molecule has 0 aromatic heterocycles. The third kappa shape index (κ3) is 5.69. The zero-order valence-corrected chi connectivity index (χ0v) is 11.6. The Morgan fingerprint density at radius 1 is 0.684 bits per heavy atom. The van der Waals surface area contributed by atoms with Gasteiger partial charge in [0.1, 0.15) is 0 Å². The van der Waals surface area contributed by atoms with Gasteiger partial charge in [0, 0.05) is 5.92 Å². The number of hydrogen-bond donors (Lipinski definition) is 1. The molecule has 1 atom stereocenters. The van der Waals surface area contributed by atoms with E-state index in [9.17, 15) is 5.11 Å². The van der Waals surface area contributed by atoms with Crippen molar-refractivity contribution in [1.82, 2.24) is 0 Å². The van der Waals surface area contributed by atoms with Gasteiger partial charge >= 0.3 is 17.1 Å². The Kier molecular flexibility index (Phi) is 8.45. The van der Waals surface area contributed by atoms with Gasteiger partial charge in [0.2, 0.25) is 0 Å². The minimum atomic E-state index is -0.490. The van der Waals surface area contributed by atoms with Crippen LogP contribution in [0.25, 0.3) is 0 Å². The van der Waals surface area contributed by atoms with Gasteiger partial charge < -0.3 is 5.11 Å². The van der Waals surface area contributed by atoms with E-state index in [1.807, 2.05) is 88.1 Å². The molecular formula is C17H16FeO+2. The Bertz CT molecular complexity index is 308. The first-order valence-corrected chi connectivity index (χ1v) is 5.99. The Labute approximate surface area is 128 Å². The van der Waals surface area contributed by atoms with Crippen molar-refractivity contribution in [3.8, 4) is 0 Å². The maximum atomic E-state index is 9.88. The second kappa shape index (κ2) is 9.58. The largest absolute Gasteiger partial charge is 2.00 e. The van der Waals surface area contributed by atoms with Crippen molar-refractivity contribution in [2.24, 2.45) is 0 Å². The van der Waals surface area contributed by atoms with Gasteiger partial charge in [-0.25, -0.2) is 0 Å². The van der Waals surface area contributed by atoms with Crippen molar-refractivity contribution in [1.29, 1.82) is 0 Å². The van der Waals surface area contributed by atoms with Gasteiger partial charge in [-0.05, 0) is 63.4 Å². The molecule has 0 amide bonds. The molecule has 2 aliphatic carbocycles. The molecule has 2 saturated carbocycles. The zero-order valence-electron chi connectivity index (χ0n) is 10.5. The third-order valence-corrected chi connectivity index (χ3v) is 2.68. The predicted molar refractivity (Wildman–Crippen MR) is 73.3 cm³/mol. The molecule has 2 heteroatoms. The number of rotatable bonds is 2. The van der Waals surface area contributed by atoms with Gasteiger partial charge in [-0.2, -0.15) is 0 Å². The molecular weight excluding hydrogens is 276 g/mol. The first kappa shape index (κ1) is 16.8. The van der Waals surface area contributed by atoms with E-state index in [0.29, 0.717) is 0 Å². The Morgan fingerprint density at radius 3 is 1.63 bits per heavy atom. The molecule has 0 saturated heterocycles. The maximum absolute atomic E-state index is 9.88. The summed E-state index contributed by atoms with van der Waals surface area (Å²) in [6, 6.07) is 9.67. The van der Waals surface area contributed by atoms with Crippen LogP contribution in [-0.4, -0.2) is 5.11 Å². The summed E-state index contributed by atoms with van der Waals surface area (Å²) in [5, 5.41) is 9.88. The van der Waals surface area contributed by atoms with Crippen molar-refractivity contribution in [2.45, 2.75) is 6.10 Å². The van der Waals surface area contributed by atoms with Crippen LogP contribution in [0.2, 0.25) is 0 Å². The third-order valence-electron chi connectivity index (χ3n) is 2.68. The van der Waals surface area contributed by atoms with Crippen LogP contribution in [0.4, 0.5) is 0 Å². The topological polar surface area (TPSA) is 20.2 Å². The molecule has 0 unspecified atom stereocenters. The quantitative estimate of drug-likeness (QED) is 0.830. The van der Waals surface area contributed by atoms with Crippen molar-refractivity contribution in [3.05, 3.63) is 99.6 Å². The molecule has 0 aliphatic heterocycles. The van der Waals surface area contributed by atoms with E-state index in [4.69, 9.17) is 0 Å².